The van der Waals surface area contributed by atoms with Crippen molar-refractivity contribution in [1.82, 2.24) is 19.8 Å². The molecule has 3 aliphatic rings. The van der Waals surface area contributed by atoms with Crippen LogP contribution in [0, 0.1) is 18.2 Å². The molecular formula is C33H30F4N6O2S. The number of hydrogen-bond acceptors (Lipinski definition) is 7. The number of benzene rings is 2. The predicted molar refractivity (Wildman–Crippen MR) is 168 cm³/mol. The van der Waals surface area contributed by atoms with Gasteiger partial charge >= 0.3 is 6.01 Å². The number of ether oxygens (including phenoxy) is 1. The second-order valence-electron chi connectivity index (χ2n) is 12.1. The van der Waals surface area contributed by atoms with Gasteiger partial charge in [-0.2, -0.15) is 9.97 Å². The largest absolute Gasteiger partial charge is 0.461 e. The fourth-order valence-electron chi connectivity index (χ4n) is 7.29. The molecule has 4 aromatic rings. The van der Waals surface area contributed by atoms with Crippen LogP contribution < -0.4 is 9.64 Å². The lowest BCUT2D eigenvalue weighted by Crippen LogP contribution is -2.56. The molecule has 13 heteroatoms. The van der Waals surface area contributed by atoms with Gasteiger partial charge in [0.2, 0.25) is 6.54 Å². The van der Waals surface area contributed by atoms with Crippen LogP contribution in [0.4, 0.5) is 23.4 Å². The summed E-state index contributed by atoms with van der Waals surface area (Å²) in [5, 5.41) is 2.06. The van der Waals surface area contributed by atoms with Crippen molar-refractivity contribution in [3.05, 3.63) is 71.2 Å². The molecular weight excluding hydrogens is 620 g/mol. The number of halogens is 4. The van der Waals surface area contributed by atoms with Crippen molar-refractivity contribution >= 4 is 44.1 Å². The highest BCUT2D eigenvalue weighted by Crippen LogP contribution is 2.42. The number of carbonyl (C=O) groups excluding carboxylic acids is 1. The SMILES string of the molecule is [C-]#[N+]C[C@H]1CN(c2nc(OC[C@@]34CCCN3C[C@H](F)C4)nc3c(F)c(-c4cccc5scc(F)c45)ccc23)CCN1C(=O)C(=C)F. The van der Waals surface area contributed by atoms with Gasteiger partial charge in [-0.15, -0.1) is 11.3 Å². The number of nitrogens with zero attached hydrogens (tertiary/aromatic N) is 6. The molecule has 0 aliphatic carbocycles. The van der Waals surface area contributed by atoms with Crippen LogP contribution >= 0.6 is 11.3 Å². The Morgan fingerprint density at radius 2 is 2.00 bits per heavy atom. The molecule has 1 amide bonds. The summed E-state index contributed by atoms with van der Waals surface area (Å²) in [7, 11) is 0. The summed E-state index contributed by atoms with van der Waals surface area (Å²) >= 11 is 1.23. The van der Waals surface area contributed by atoms with E-state index in [0.29, 0.717) is 39.8 Å². The number of amides is 1. The Labute approximate surface area is 266 Å². The fourth-order valence-corrected chi connectivity index (χ4v) is 8.12. The zero-order valence-electron chi connectivity index (χ0n) is 24.8. The van der Waals surface area contributed by atoms with Crippen molar-refractivity contribution in [3.63, 3.8) is 0 Å². The van der Waals surface area contributed by atoms with Crippen LogP contribution in [0.25, 0.3) is 37.0 Å². The van der Waals surface area contributed by atoms with Crippen molar-refractivity contribution in [1.29, 1.82) is 0 Å². The molecule has 3 aliphatic heterocycles. The molecule has 2 aromatic carbocycles. The van der Waals surface area contributed by atoms with Gasteiger partial charge in [0.1, 0.15) is 36.0 Å². The normalized spacial score (nSPS) is 23.2. The van der Waals surface area contributed by atoms with Crippen molar-refractivity contribution in [2.75, 3.05) is 50.8 Å². The van der Waals surface area contributed by atoms with Crippen molar-refractivity contribution in [2.24, 2.45) is 0 Å². The van der Waals surface area contributed by atoms with E-state index in [0.717, 1.165) is 19.4 Å². The van der Waals surface area contributed by atoms with E-state index in [1.807, 2.05) is 4.90 Å². The van der Waals surface area contributed by atoms with E-state index in [-0.39, 0.29) is 49.9 Å². The van der Waals surface area contributed by atoms with E-state index in [4.69, 9.17) is 16.3 Å². The molecule has 3 fully saturated rings. The molecule has 0 unspecified atom stereocenters. The lowest BCUT2D eigenvalue weighted by atomic mass is 9.95. The van der Waals surface area contributed by atoms with Crippen LogP contribution in [-0.4, -0.2) is 89.3 Å². The standard InChI is InChI=1S/C33H30F4N6O2S/c1-19(34)31(44)43-12-11-41(16-21(43)14-38-2)30-24-8-7-23(22-5-3-6-26-27(22)25(36)17-46-26)28(37)29(24)39-32(40-30)45-18-33-9-4-10-42(33)15-20(35)13-33/h3,5-8,17,20-21H,1,4,9-16,18H2/t20-,21+,33+/m1/s1. The molecule has 8 nitrogen and oxygen atoms in total. The third kappa shape index (κ3) is 5.13. The number of piperazine rings is 1. The quantitative estimate of drug-likeness (QED) is 0.136. The monoisotopic (exact) mass is 650 g/mol. The zero-order valence-corrected chi connectivity index (χ0v) is 25.6. The molecule has 0 bridgehead atoms. The number of alkyl halides is 1. The predicted octanol–water partition coefficient (Wildman–Crippen LogP) is 6.16. The summed E-state index contributed by atoms with van der Waals surface area (Å²) in [6, 6.07) is 7.64. The summed E-state index contributed by atoms with van der Waals surface area (Å²) in [5.74, 6) is -2.80. The first-order valence-electron chi connectivity index (χ1n) is 15.1. The molecule has 7 rings (SSSR count). The number of thiophene rings is 1. The van der Waals surface area contributed by atoms with Gasteiger partial charge in [-0.25, -0.2) is 24.1 Å². The lowest BCUT2D eigenvalue weighted by molar-refractivity contribution is -0.131. The number of rotatable bonds is 7. The highest BCUT2D eigenvalue weighted by Gasteiger charge is 2.49. The van der Waals surface area contributed by atoms with Crippen LogP contribution in [0.5, 0.6) is 6.01 Å². The number of hydrogen-bond donors (Lipinski definition) is 0. The highest BCUT2D eigenvalue weighted by atomic mass is 32.1. The molecule has 0 saturated carbocycles. The highest BCUT2D eigenvalue weighted by molar-refractivity contribution is 7.17. The van der Waals surface area contributed by atoms with Gasteiger partial charge in [0, 0.05) is 59.0 Å². The molecule has 238 valence electrons. The van der Waals surface area contributed by atoms with Crippen LogP contribution in [-0.2, 0) is 4.79 Å². The Balaban J connectivity index is 1.32. The Kier molecular flexibility index (Phi) is 7.81. The first-order chi connectivity index (χ1) is 22.2. The molecule has 46 heavy (non-hydrogen) atoms. The molecule has 0 N–H and O–H groups in total. The minimum Gasteiger partial charge on any atom is -0.461 e. The maximum Gasteiger partial charge on any atom is 0.319 e. The van der Waals surface area contributed by atoms with Crippen molar-refractivity contribution in [3.8, 4) is 17.1 Å². The summed E-state index contributed by atoms with van der Waals surface area (Å²) in [6.45, 7) is 12.1. The van der Waals surface area contributed by atoms with Gasteiger partial charge in [-0.3, -0.25) is 9.69 Å². The van der Waals surface area contributed by atoms with Crippen LogP contribution in [0.3, 0.4) is 0 Å². The lowest BCUT2D eigenvalue weighted by Gasteiger charge is -2.39. The number of fused-ring (bicyclic) bond motifs is 3. The molecule has 3 atom stereocenters. The first kappa shape index (κ1) is 30.4. The molecule has 3 saturated heterocycles. The Morgan fingerprint density at radius 1 is 1.15 bits per heavy atom. The van der Waals surface area contributed by atoms with Gasteiger partial charge in [0.25, 0.3) is 5.91 Å². The van der Waals surface area contributed by atoms with E-state index in [1.54, 1.807) is 30.3 Å². The van der Waals surface area contributed by atoms with E-state index in [1.165, 1.54) is 21.6 Å². The topological polar surface area (TPSA) is 66.2 Å². The van der Waals surface area contributed by atoms with E-state index >= 15 is 4.39 Å². The Bertz CT molecular complexity index is 1910. The summed E-state index contributed by atoms with van der Waals surface area (Å²) in [5.41, 5.74) is 0.00387. The summed E-state index contributed by atoms with van der Waals surface area (Å²) in [6.07, 6.45) is 1.04. The molecule has 0 radical (unpaired) electrons. The second kappa shape index (κ2) is 11.8. The van der Waals surface area contributed by atoms with Gasteiger partial charge in [-0.1, -0.05) is 24.8 Å². The van der Waals surface area contributed by atoms with Crippen LogP contribution in [0.1, 0.15) is 19.3 Å². The smallest absolute Gasteiger partial charge is 0.319 e. The van der Waals surface area contributed by atoms with E-state index in [9.17, 15) is 18.0 Å². The molecule has 5 heterocycles. The van der Waals surface area contributed by atoms with Gasteiger partial charge in [0.05, 0.1) is 5.54 Å². The summed E-state index contributed by atoms with van der Waals surface area (Å²) < 4.78 is 66.6. The maximum atomic E-state index is 16.6. The average molecular weight is 651 g/mol. The number of anilines is 1. The minimum atomic E-state index is -1.11. The molecule has 0 spiro atoms. The Hall–Kier alpha value is -4.28. The maximum absolute atomic E-state index is 16.6. The zero-order chi connectivity index (χ0) is 32.2. The summed E-state index contributed by atoms with van der Waals surface area (Å²) in [4.78, 5) is 30.4. The van der Waals surface area contributed by atoms with Crippen LogP contribution in [0.2, 0.25) is 0 Å². The van der Waals surface area contributed by atoms with Gasteiger partial charge in [-0.05, 0) is 37.1 Å². The van der Waals surface area contributed by atoms with Crippen molar-refractivity contribution < 1.29 is 27.1 Å². The second-order valence-corrected chi connectivity index (χ2v) is 13.0. The van der Waals surface area contributed by atoms with Gasteiger partial charge < -0.3 is 19.4 Å². The minimum absolute atomic E-state index is 0.0434. The van der Waals surface area contributed by atoms with Crippen LogP contribution in [0.15, 0.2) is 48.1 Å². The molecule has 2 aromatic heterocycles. The third-order valence-corrected chi connectivity index (χ3v) is 10.3. The van der Waals surface area contributed by atoms with Crippen molar-refractivity contribution in [2.45, 2.75) is 37.0 Å². The Morgan fingerprint density at radius 3 is 2.80 bits per heavy atom. The average Bonchev–Trinajstić information content (AvgIpc) is 3.71. The number of carbonyl (C=O) groups is 1. The first-order valence-corrected chi connectivity index (χ1v) is 16.0. The third-order valence-electron chi connectivity index (χ3n) is 9.42. The van der Waals surface area contributed by atoms with Gasteiger partial charge in [0.15, 0.2) is 11.6 Å². The fraction of sp³-hybridized carbons (Fsp3) is 0.394. The number of aromatic nitrogens is 2. The van der Waals surface area contributed by atoms with E-state index in [2.05, 4.69) is 21.3 Å². The van der Waals surface area contributed by atoms with E-state index < -0.39 is 41.1 Å².